The highest BCUT2D eigenvalue weighted by Gasteiger charge is 2.33. The molecule has 55 heavy (non-hydrogen) atoms. The van der Waals surface area contributed by atoms with E-state index in [1.54, 1.807) is 43.3 Å². The number of imide groups is 1. The van der Waals surface area contributed by atoms with Crippen LogP contribution in [-0.4, -0.2) is 77.6 Å². The zero-order valence-corrected chi connectivity index (χ0v) is 28.8. The second kappa shape index (κ2) is 28.7. The van der Waals surface area contributed by atoms with Gasteiger partial charge in [-0.25, -0.2) is 4.79 Å². The molecule has 1 aliphatic heterocycles. The molecular formula is C38H50N4O13. The lowest BCUT2D eigenvalue weighted by molar-refractivity contribution is -0.191. The number of nitrogens with zero attached hydrogens (tertiary/aromatic N) is 1. The fraction of sp³-hybridized carbons (Fsp3) is 0.316. The zero-order chi connectivity index (χ0) is 39.1. The van der Waals surface area contributed by atoms with Gasteiger partial charge in [0.2, 0.25) is 0 Å². The summed E-state index contributed by atoms with van der Waals surface area (Å²) >= 11 is 0. The van der Waals surface area contributed by atoms with E-state index in [0.29, 0.717) is 47.1 Å². The summed E-state index contributed by atoms with van der Waals surface area (Å²) in [6.45, 7) is 8.54. The summed E-state index contributed by atoms with van der Waals surface area (Å²) in [5, 5.41) is 17.3. The number of hydrogen-bond donors (Lipinski definition) is 4. The number of aromatic hydroxyl groups is 1. The molecule has 0 unspecified atom stereocenters. The molecule has 17 nitrogen and oxygen atoms in total. The van der Waals surface area contributed by atoms with Crippen LogP contribution in [0.15, 0.2) is 72.8 Å². The van der Waals surface area contributed by atoms with Gasteiger partial charge in [0.05, 0.1) is 0 Å². The van der Waals surface area contributed by atoms with Crippen molar-refractivity contribution in [3.8, 4) is 17.2 Å². The van der Waals surface area contributed by atoms with E-state index >= 15 is 0 Å². The van der Waals surface area contributed by atoms with Crippen LogP contribution in [0.1, 0.15) is 93.9 Å². The quantitative estimate of drug-likeness (QED) is 0.0987. The maximum atomic E-state index is 11.6. The molecule has 0 bridgehead atoms. The fourth-order valence-electron chi connectivity index (χ4n) is 3.76. The summed E-state index contributed by atoms with van der Waals surface area (Å²) in [5.74, 6) is -1.31. The third-order valence-corrected chi connectivity index (χ3v) is 6.01. The lowest BCUT2D eigenvalue weighted by atomic mass is 10.2. The molecule has 4 rings (SSSR count). The van der Waals surface area contributed by atoms with E-state index in [1.165, 1.54) is 43.3 Å². The molecule has 0 spiro atoms. The lowest BCUT2D eigenvalue weighted by Gasteiger charge is -2.12. The Labute approximate surface area is 320 Å². The van der Waals surface area contributed by atoms with Crippen molar-refractivity contribution in [3.05, 3.63) is 89.5 Å². The molecule has 17 heteroatoms. The first-order valence-corrected chi connectivity index (χ1v) is 15.6. The van der Waals surface area contributed by atoms with Crippen molar-refractivity contribution < 1.29 is 62.6 Å². The molecule has 1 saturated heterocycles. The molecule has 0 atom stereocenters. The van der Waals surface area contributed by atoms with Crippen molar-refractivity contribution >= 4 is 47.8 Å². The molecule has 0 aliphatic carbocycles. The predicted octanol–water partition coefficient (Wildman–Crippen LogP) is 4.84. The molecule has 0 radical (unpaired) electrons. The number of phenolic OH excluding ortho intramolecular Hbond substituents is 1. The monoisotopic (exact) mass is 770 g/mol. The Morgan fingerprint density at radius 3 is 1.24 bits per heavy atom. The molecule has 300 valence electrons. The van der Waals surface area contributed by atoms with Crippen LogP contribution in [-0.2, 0) is 28.8 Å². The first-order valence-electron chi connectivity index (χ1n) is 15.6. The largest absolute Gasteiger partial charge is 0.539 e. The highest BCUT2D eigenvalue weighted by Crippen LogP contribution is 2.16. The van der Waals surface area contributed by atoms with Gasteiger partial charge in [0, 0.05) is 56.1 Å². The van der Waals surface area contributed by atoms with Crippen LogP contribution >= 0.6 is 0 Å². The average molecular weight is 771 g/mol. The minimum absolute atomic E-state index is 0. The number of carbonyl (C=O) groups excluding carboxylic acids is 9. The van der Waals surface area contributed by atoms with Gasteiger partial charge in [-0.05, 0) is 93.6 Å². The Balaban J connectivity index is -0.000000723. The second-order valence-corrected chi connectivity index (χ2v) is 9.88. The first kappa shape index (κ1) is 52.5. The van der Waals surface area contributed by atoms with E-state index in [-0.39, 0.29) is 76.5 Å². The second-order valence-electron chi connectivity index (χ2n) is 9.88. The van der Waals surface area contributed by atoms with Gasteiger partial charge in [-0.1, -0.05) is 27.3 Å². The Bertz CT molecular complexity index is 1690. The molecule has 0 saturated carbocycles. The molecule has 1 aliphatic rings. The predicted molar refractivity (Wildman–Crippen MR) is 200 cm³/mol. The minimum Gasteiger partial charge on any atom is -0.508 e. The van der Waals surface area contributed by atoms with Crippen LogP contribution in [0.2, 0.25) is 0 Å². The number of rotatable bonds is 9. The fourth-order valence-corrected chi connectivity index (χ4v) is 3.76. The number of benzene rings is 3. The molecule has 1 fully saturated rings. The standard InChI is InChI=1S/C14H14N2O6.C11H13NO3.C9H11NO2.CO2.3CH4/c1-2-15-13(19)9-3-5-10(6-4-9)21-14(20)22-16-11(17)7-8-12(16)18;1-3-12-11(14)9-4-6-10(7-5-9)15-8(2)13;1-2-10-9(12)7-3-5-8(11)6-4-7;2-1-3;;;/h3-6H,2,7-8H2,1H3,(H,15,19);4-7H,3H2,1-2H3,(H,12,14);3-6,11H,2H2,1H3,(H,10,12);;3*1H4. The Morgan fingerprint density at radius 2 is 0.927 bits per heavy atom. The van der Waals surface area contributed by atoms with E-state index in [4.69, 9.17) is 24.2 Å². The van der Waals surface area contributed by atoms with Crippen molar-refractivity contribution in [3.63, 3.8) is 0 Å². The number of hydrogen-bond acceptors (Lipinski definition) is 13. The summed E-state index contributed by atoms with van der Waals surface area (Å²) in [6.07, 6.45) is -0.935. The number of ether oxygens (including phenoxy) is 2. The first-order chi connectivity index (χ1) is 24.8. The third kappa shape index (κ3) is 20.1. The molecular weight excluding hydrogens is 720 g/mol. The van der Waals surface area contributed by atoms with E-state index in [0.717, 1.165) is 0 Å². The minimum atomic E-state index is -1.20. The van der Waals surface area contributed by atoms with Crippen LogP contribution in [0.3, 0.4) is 0 Å². The Morgan fingerprint density at radius 1 is 0.618 bits per heavy atom. The van der Waals surface area contributed by atoms with E-state index < -0.39 is 18.0 Å². The lowest BCUT2D eigenvalue weighted by Crippen LogP contribution is -2.33. The van der Waals surface area contributed by atoms with Gasteiger partial charge >= 0.3 is 18.3 Å². The number of hydroxylamine groups is 2. The number of nitrogens with one attached hydrogen (secondary N) is 3. The van der Waals surface area contributed by atoms with Crippen molar-refractivity contribution in [1.29, 1.82) is 0 Å². The molecule has 5 amide bonds. The SMILES string of the molecule is C.C.C.CCNC(=O)c1ccc(O)cc1.CCNC(=O)c1ccc(OC(=O)ON2C(=O)CCC2=O)cc1.CCNC(=O)c1ccc(OC(C)=O)cc1.O=C=O. The van der Waals surface area contributed by atoms with Gasteiger partial charge in [-0.2, -0.15) is 9.59 Å². The summed E-state index contributed by atoms with van der Waals surface area (Å²) < 4.78 is 9.67. The van der Waals surface area contributed by atoms with Crippen LogP contribution in [0.5, 0.6) is 17.2 Å². The van der Waals surface area contributed by atoms with Crippen molar-refractivity contribution in [2.45, 2.75) is 62.8 Å². The van der Waals surface area contributed by atoms with Crippen molar-refractivity contribution in [2.24, 2.45) is 0 Å². The molecule has 1 heterocycles. The van der Waals surface area contributed by atoms with E-state index in [2.05, 4.69) is 20.8 Å². The topological polar surface area (TPSA) is 241 Å². The van der Waals surface area contributed by atoms with Gasteiger partial charge in [0.15, 0.2) is 0 Å². The number of carbonyl (C=O) groups is 7. The van der Waals surface area contributed by atoms with Crippen molar-refractivity contribution in [2.75, 3.05) is 19.6 Å². The zero-order valence-electron chi connectivity index (χ0n) is 28.8. The average Bonchev–Trinajstić information content (AvgIpc) is 3.42. The van der Waals surface area contributed by atoms with Gasteiger partial charge in [-0.15, -0.1) is 0 Å². The summed E-state index contributed by atoms with van der Waals surface area (Å²) in [5.41, 5.74) is 1.52. The van der Waals surface area contributed by atoms with E-state index in [9.17, 15) is 33.6 Å². The van der Waals surface area contributed by atoms with Crippen LogP contribution in [0.4, 0.5) is 4.79 Å². The van der Waals surface area contributed by atoms with E-state index in [1.807, 2.05) is 13.8 Å². The van der Waals surface area contributed by atoms with Gasteiger partial charge < -0.3 is 30.5 Å². The molecule has 0 aromatic heterocycles. The summed E-state index contributed by atoms with van der Waals surface area (Å²) in [7, 11) is 0. The Kier molecular flexibility index (Phi) is 27.4. The van der Waals surface area contributed by atoms with Crippen LogP contribution in [0, 0.1) is 0 Å². The van der Waals surface area contributed by atoms with Crippen LogP contribution < -0.4 is 25.4 Å². The Hall–Kier alpha value is -6.87. The number of esters is 1. The molecule has 4 N–H and O–H groups in total. The third-order valence-electron chi connectivity index (χ3n) is 6.01. The highest BCUT2D eigenvalue weighted by atomic mass is 16.8. The van der Waals surface area contributed by atoms with Crippen LogP contribution in [0.25, 0.3) is 0 Å². The maximum Gasteiger partial charge on any atom is 0.539 e. The van der Waals surface area contributed by atoms with Crippen molar-refractivity contribution in [1.82, 2.24) is 21.0 Å². The molecule has 3 aromatic carbocycles. The smallest absolute Gasteiger partial charge is 0.508 e. The highest BCUT2D eigenvalue weighted by molar-refractivity contribution is 6.01. The van der Waals surface area contributed by atoms with Gasteiger partial charge in [-0.3, -0.25) is 33.6 Å². The molecule has 3 aromatic rings. The summed E-state index contributed by atoms with van der Waals surface area (Å²) in [6, 6.07) is 18.3. The number of amides is 5. The summed E-state index contributed by atoms with van der Waals surface area (Å²) in [4.78, 5) is 99.6. The van der Waals surface area contributed by atoms with Gasteiger partial charge in [0.25, 0.3) is 29.5 Å². The van der Waals surface area contributed by atoms with Gasteiger partial charge in [0.1, 0.15) is 17.2 Å². The maximum absolute atomic E-state index is 11.6. The normalized spacial score (nSPS) is 10.4. The number of phenols is 1.